The molecule has 9 nitrogen and oxygen atoms in total. The first-order chi connectivity index (χ1) is 14.3. The van der Waals surface area contributed by atoms with Crippen molar-refractivity contribution < 1.29 is 28.7 Å². The summed E-state index contributed by atoms with van der Waals surface area (Å²) in [7, 11) is 2.52. The molecule has 2 aromatic rings. The van der Waals surface area contributed by atoms with Crippen molar-refractivity contribution >= 4 is 34.9 Å². The number of halogens is 1. The summed E-state index contributed by atoms with van der Waals surface area (Å²) in [5.41, 5.74) is -1.35. The van der Waals surface area contributed by atoms with Gasteiger partial charge in [-0.05, 0) is 29.8 Å². The predicted octanol–water partition coefficient (Wildman–Crippen LogP) is 3.22. The largest absolute Gasteiger partial charge is 0.494 e. The number of carbonyl (C=O) groups excluding carboxylic acids is 2. The number of esters is 2. The van der Waals surface area contributed by atoms with Crippen molar-refractivity contribution in [2.24, 2.45) is 0 Å². The highest BCUT2D eigenvalue weighted by Gasteiger charge is 2.52. The van der Waals surface area contributed by atoms with Crippen molar-refractivity contribution in [3.63, 3.8) is 0 Å². The maximum Gasteiger partial charge on any atom is 0.340 e. The maximum atomic E-state index is 13.1. The lowest BCUT2D eigenvalue weighted by molar-refractivity contribution is -0.384. The fourth-order valence-corrected chi connectivity index (χ4v) is 3.39. The second-order valence-electron chi connectivity index (χ2n) is 6.29. The van der Waals surface area contributed by atoms with E-state index in [1.165, 1.54) is 50.6 Å². The van der Waals surface area contributed by atoms with Crippen molar-refractivity contribution in [2.75, 3.05) is 19.5 Å². The number of ether oxygens (including phenoxy) is 3. The molecule has 30 heavy (non-hydrogen) atoms. The average Bonchev–Trinajstić information content (AvgIpc) is 3.17. The molecule has 3 rings (SSSR count). The molecule has 156 valence electrons. The van der Waals surface area contributed by atoms with Crippen molar-refractivity contribution in [1.82, 2.24) is 0 Å². The zero-order valence-electron chi connectivity index (χ0n) is 16.0. The van der Waals surface area contributed by atoms with Gasteiger partial charge in [-0.3, -0.25) is 10.1 Å². The van der Waals surface area contributed by atoms with Crippen LogP contribution in [-0.2, 0) is 24.6 Å². The van der Waals surface area contributed by atoms with Crippen LogP contribution < -0.4 is 10.1 Å². The van der Waals surface area contributed by atoms with Crippen LogP contribution in [0, 0.1) is 10.1 Å². The molecule has 2 atom stereocenters. The smallest absolute Gasteiger partial charge is 0.340 e. The van der Waals surface area contributed by atoms with Gasteiger partial charge in [0.25, 0.3) is 5.69 Å². The fraction of sp³-hybridized carbons (Fsp3) is 0.200. The standard InChI is InChI=1S/C20H17ClN2O7/c1-28-16-11-14(23(26)27)6-7-15(16)22-20(19(25)29-2,17-8-9-18(24)30-17)12-4-3-5-13(21)10-12/h3-11,17,22H,1-2H3/t17-,20+/m1/s1. The van der Waals surface area contributed by atoms with Gasteiger partial charge in [0.05, 0.1) is 30.9 Å². The van der Waals surface area contributed by atoms with Crippen LogP contribution in [0.4, 0.5) is 11.4 Å². The molecule has 2 aromatic carbocycles. The summed E-state index contributed by atoms with van der Waals surface area (Å²) in [6, 6.07) is 10.2. The molecule has 0 bridgehead atoms. The number of rotatable bonds is 7. The van der Waals surface area contributed by atoms with Crippen LogP contribution in [0.25, 0.3) is 0 Å². The molecule has 0 aliphatic carbocycles. The number of nitro benzene ring substituents is 1. The molecule has 0 spiro atoms. The van der Waals surface area contributed by atoms with E-state index in [0.29, 0.717) is 10.6 Å². The van der Waals surface area contributed by atoms with Crippen LogP contribution in [0.15, 0.2) is 54.6 Å². The highest BCUT2D eigenvalue weighted by atomic mass is 35.5. The molecular weight excluding hydrogens is 416 g/mol. The lowest BCUT2D eigenvalue weighted by Gasteiger charge is -2.37. The Bertz CT molecular complexity index is 1040. The van der Waals surface area contributed by atoms with E-state index in [1.54, 1.807) is 18.2 Å². The Morgan fingerprint density at radius 3 is 2.60 bits per heavy atom. The molecular formula is C20H17ClN2O7. The van der Waals surface area contributed by atoms with Gasteiger partial charge in [-0.15, -0.1) is 0 Å². The van der Waals surface area contributed by atoms with Gasteiger partial charge in [-0.2, -0.15) is 0 Å². The average molecular weight is 433 g/mol. The summed E-state index contributed by atoms with van der Waals surface area (Å²) in [6.45, 7) is 0. The van der Waals surface area contributed by atoms with Crippen molar-refractivity contribution in [3.8, 4) is 5.75 Å². The minimum Gasteiger partial charge on any atom is -0.494 e. The van der Waals surface area contributed by atoms with E-state index in [1.807, 2.05) is 0 Å². The number of carbonyl (C=O) groups is 2. The lowest BCUT2D eigenvalue weighted by Crippen LogP contribution is -2.53. The number of hydrogen-bond donors (Lipinski definition) is 1. The summed E-state index contributed by atoms with van der Waals surface area (Å²) in [5, 5.41) is 14.5. The minimum atomic E-state index is -1.74. The van der Waals surface area contributed by atoms with E-state index in [4.69, 9.17) is 25.8 Å². The Morgan fingerprint density at radius 2 is 2.03 bits per heavy atom. The van der Waals surface area contributed by atoms with Crippen LogP contribution in [0.1, 0.15) is 5.56 Å². The molecule has 0 saturated carbocycles. The first kappa shape index (κ1) is 21.1. The van der Waals surface area contributed by atoms with E-state index in [2.05, 4.69) is 5.32 Å². The molecule has 0 amide bonds. The Kier molecular flexibility index (Phi) is 5.93. The number of nitrogens with zero attached hydrogens (tertiary/aromatic N) is 1. The van der Waals surface area contributed by atoms with E-state index in [0.717, 1.165) is 0 Å². The quantitative estimate of drug-likeness (QED) is 0.402. The molecule has 1 aliphatic rings. The van der Waals surface area contributed by atoms with Gasteiger partial charge < -0.3 is 19.5 Å². The third kappa shape index (κ3) is 3.79. The van der Waals surface area contributed by atoms with E-state index >= 15 is 0 Å². The monoisotopic (exact) mass is 432 g/mol. The number of methoxy groups -OCH3 is 2. The summed E-state index contributed by atoms with van der Waals surface area (Å²) in [6.07, 6.45) is 1.53. The van der Waals surface area contributed by atoms with Crippen LogP contribution in [0.3, 0.4) is 0 Å². The first-order valence-corrected chi connectivity index (χ1v) is 9.03. The summed E-state index contributed by atoms with van der Waals surface area (Å²) < 4.78 is 15.7. The minimum absolute atomic E-state index is 0.104. The second-order valence-corrected chi connectivity index (χ2v) is 6.73. The summed E-state index contributed by atoms with van der Waals surface area (Å²) in [5.74, 6) is -1.30. The van der Waals surface area contributed by atoms with E-state index in [9.17, 15) is 19.7 Å². The molecule has 0 saturated heterocycles. The molecule has 0 radical (unpaired) electrons. The third-order valence-corrected chi connectivity index (χ3v) is 4.83. The zero-order chi connectivity index (χ0) is 21.9. The Labute approximate surface area is 176 Å². The van der Waals surface area contributed by atoms with Gasteiger partial charge in [0.1, 0.15) is 5.75 Å². The van der Waals surface area contributed by atoms with Gasteiger partial charge in [-0.1, -0.05) is 23.7 Å². The van der Waals surface area contributed by atoms with Gasteiger partial charge in [0.15, 0.2) is 6.10 Å². The molecule has 0 fully saturated rings. The van der Waals surface area contributed by atoms with Crippen molar-refractivity contribution in [3.05, 3.63) is 75.3 Å². The normalized spacial score (nSPS) is 17.0. The molecule has 10 heteroatoms. The number of cyclic esters (lactones) is 1. The zero-order valence-corrected chi connectivity index (χ0v) is 16.7. The number of hydrogen-bond acceptors (Lipinski definition) is 8. The first-order valence-electron chi connectivity index (χ1n) is 8.65. The molecule has 1 N–H and O–H groups in total. The Balaban J connectivity index is 2.21. The highest BCUT2D eigenvalue weighted by Crippen LogP contribution is 2.40. The van der Waals surface area contributed by atoms with Gasteiger partial charge in [0, 0.05) is 17.2 Å². The number of anilines is 1. The van der Waals surface area contributed by atoms with Crippen molar-refractivity contribution in [2.45, 2.75) is 11.6 Å². The number of nitro groups is 1. The molecule has 1 heterocycles. The number of benzene rings is 2. The molecule has 0 unspecified atom stereocenters. The number of non-ortho nitro benzene ring substituents is 1. The van der Waals surface area contributed by atoms with Crippen LogP contribution >= 0.6 is 11.6 Å². The topological polar surface area (TPSA) is 117 Å². The van der Waals surface area contributed by atoms with Gasteiger partial charge in [-0.25, -0.2) is 9.59 Å². The number of nitrogens with one attached hydrogen (secondary N) is 1. The second kappa shape index (κ2) is 8.42. The fourth-order valence-electron chi connectivity index (χ4n) is 3.20. The maximum absolute atomic E-state index is 13.1. The van der Waals surface area contributed by atoms with Gasteiger partial charge in [0.2, 0.25) is 5.54 Å². The molecule has 0 aromatic heterocycles. The van der Waals surface area contributed by atoms with Crippen molar-refractivity contribution in [1.29, 1.82) is 0 Å². The van der Waals surface area contributed by atoms with Crippen LogP contribution in [0.2, 0.25) is 5.02 Å². The Hall–Kier alpha value is -3.59. The van der Waals surface area contributed by atoms with Crippen LogP contribution in [0.5, 0.6) is 5.75 Å². The van der Waals surface area contributed by atoms with Gasteiger partial charge >= 0.3 is 11.9 Å². The van der Waals surface area contributed by atoms with E-state index < -0.39 is 28.5 Å². The highest BCUT2D eigenvalue weighted by molar-refractivity contribution is 6.30. The Morgan fingerprint density at radius 1 is 1.27 bits per heavy atom. The summed E-state index contributed by atoms with van der Waals surface area (Å²) in [4.78, 5) is 35.4. The molecule has 1 aliphatic heterocycles. The van der Waals surface area contributed by atoms with E-state index in [-0.39, 0.29) is 17.1 Å². The lowest BCUT2D eigenvalue weighted by atomic mass is 9.83. The SMILES string of the molecule is COC(=O)[C@](Nc1ccc([N+](=O)[O-])cc1OC)(c1cccc(Cl)c1)[C@H]1C=CC(=O)O1. The third-order valence-electron chi connectivity index (χ3n) is 4.59. The predicted molar refractivity (Wildman–Crippen MR) is 107 cm³/mol. The summed E-state index contributed by atoms with van der Waals surface area (Å²) >= 11 is 6.15. The van der Waals surface area contributed by atoms with Crippen LogP contribution in [-0.4, -0.2) is 37.2 Å².